The molecular weight excluding hydrogens is 238 g/mol. The lowest BCUT2D eigenvalue weighted by Gasteiger charge is -2.13. The molecule has 4 heteroatoms. The zero-order valence-corrected chi connectivity index (χ0v) is 10.9. The molecule has 4 nitrogen and oxygen atoms in total. The number of fused-ring (bicyclic) bond motifs is 1. The number of hydrogen-bond donors (Lipinski definition) is 1. The first-order chi connectivity index (χ1) is 9.24. The van der Waals surface area contributed by atoms with Crippen molar-refractivity contribution in [1.82, 2.24) is 9.97 Å². The number of anilines is 1. The molecule has 19 heavy (non-hydrogen) atoms. The molecule has 0 aliphatic rings. The van der Waals surface area contributed by atoms with Crippen molar-refractivity contribution in [2.24, 2.45) is 0 Å². The SMILES string of the molecule is Cc1ccc(C(C)Nc2ncnc3ccccc23)o1. The highest BCUT2D eigenvalue weighted by atomic mass is 16.3. The second-order valence-corrected chi connectivity index (χ2v) is 4.55. The summed E-state index contributed by atoms with van der Waals surface area (Å²) >= 11 is 0. The first-order valence-corrected chi connectivity index (χ1v) is 6.26. The van der Waals surface area contributed by atoms with Gasteiger partial charge in [-0.1, -0.05) is 12.1 Å². The summed E-state index contributed by atoms with van der Waals surface area (Å²) in [6.07, 6.45) is 1.57. The van der Waals surface area contributed by atoms with E-state index < -0.39 is 0 Å². The molecule has 0 bridgehead atoms. The van der Waals surface area contributed by atoms with Crippen molar-refractivity contribution in [2.45, 2.75) is 19.9 Å². The summed E-state index contributed by atoms with van der Waals surface area (Å²) in [5.41, 5.74) is 0.933. The van der Waals surface area contributed by atoms with E-state index in [2.05, 4.69) is 22.2 Å². The molecule has 2 heterocycles. The lowest BCUT2D eigenvalue weighted by molar-refractivity contribution is 0.466. The molecule has 0 spiro atoms. The van der Waals surface area contributed by atoms with Crippen molar-refractivity contribution in [3.05, 3.63) is 54.2 Å². The van der Waals surface area contributed by atoms with Gasteiger partial charge in [-0.15, -0.1) is 0 Å². The Balaban J connectivity index is 1.93. The van der Waals surface area contributed by atoms with E-state index >= 15 is 0 Å². The van der Waals surface area contributed by atoms with Gasteiger partial charge in [0.25, 0.3) is 0 Å². The summed E-state index contributed by atoms with van der Waals surface area (Å²) in [6.45, 7) is 3.99. The van der Waals surface area contributed by atoms with Gasteiger partial charge in [0.1, 0.15) is 23.7 Å². The van der Waals surface area contributed by atoms with Crippen molar-refractivity contribution in [2.75, 3.05) is 5.32 Å². The van der Waals surface area contributed by atoms with Crippen LogP contribution in [0.3, 0.4) is 0 Å². The van der Waals surface area contributed by atoms with E-state index in [1.54, 1.807) is 6.33 Å². The largest absolute Gasteiger partial charge is 0.464 e. The molecule has 0 amide bonds. The minimum atomic E-state index is 0.0620. The maximum atomic E-state index is 5.62. The molecule has 3 aromatic rings. The standard InChI is InChI=1S/C15H15N3O/c1-10-7-8-14(19-10)11(2)18-15-12-5-3-4-6-13(12)16-9-17-15/h3-9,11H,1-2H3,(H,16,17,18). The first kappa shape index (κ1) is 11.7. The molecule has 0 saturated heterocycles. The zero-order valence-electron chi connectivity index (χ0n) is 10.9. The molecule has 0 aliphatic heterocycles. The van der Waals surface area contributed by atoms with Gasteiger partial charge in [0.15, 0.2) is 0 Å². The van der Waals surface area contributed by atoms with Crippen molar-refractivity contribution >= 4 is 16.7 Å². The van der Waals surface area contributed by atoms with Crippen LogP contribution in [0, 0.1) is 6.92 Å². The first-order valence-electron chi connectivity index (χ1n) is 6.26. The van der Waals surface area contributed by atoms with Gasteiger partial charge < -0.3 is 9.73 Å². The number of rotatable bonds is 3. The minimum Gasteiger partial charge on any atom is -0.464 e. The summed E-state index contributed by atoms with van der Waals surface area (Å²) in [6, 6.07) is 12.0. The number of nitrogens with one attached hydrogen (secondary N) is 1. The van der Waals surface area contributed by atoms with Gasteiger partial charge in [0, 0.05) is 5.39 Å². The number of nitrogens with zero attached hydrogens (tertiary/aromatic N) is 2. The Bertz CT molecular complexity index is 700. The number of furan rings is 1. The van der Waals surface area contributed by atoms with Crippen LogP contribution < -0.4 is 5.32 Å². The summed E-state index contributed by atoms with van der Waals surface area (Å²) in [5, 5.41) is 4.38. The highest BCUT2D eigenvalue weighted by Gasteiger charge is 2.11. The predicted octanol–water partition coefficient (Wildman–Crippen LogP) is 3.70. The molecule has 0 aliphatic carbocycles. The summed E-state index contributed by atoms with van der Waals surface area (Å²) in [5.74, 6) is 2.64. The molecule has 2 aromatic heterocycles. The number of aryl methyl sites for hydroxylation is 1. The molecule has 0 radical (unpaired) electrons. The lowest BCUT2D eigenvalue weighted by Crippen LogP contribution is -2.07. The van der Waals surface area contributed by atoms with E-state index in [1.807, 2.05) is 43.3 Å². The smallest absolute Gasteiger partial charge is 0.137 e. The van der Waals surface area contributed by atoms with E-state index in [0.717, 1.165) is 28.2 Å². The van der Waals surface area contributed by atoms with Gasteiger partial charge in [-0.3, -0.25) is 0 Å². The van der Waals surface area contributed by atoms with Gasteiger partial charge in [-0.05, 0) is 38.1 Å². The number of benzene rings is 1. The van der Waals surface area contributed by atoms with Crippen molar-refractivity contribution in [3.8, 4) is 0 Å². The van der Waals surface area contributed by atoms with Gasteiger partial charge >= 0.3 is 0 Å². The van der Waals surface area contributed by atoms with Crippen molar-refractivity contribution < 1.29 is 4.42 Å². The van der Waals surface area contributed by atoms with Crippen LogP contribution in [0.2, 0.25) is 0 Å². The highest BCUT2D eigenvalue weighted by Crippen LogP contribution is 2.24. The van der Waals surface area contributed by atoms with E-state index in [9.17, 15) is 0 Å². The third-order valence-electron chi connectivity index (χ3n) is 3.08. The molecule has 3 rings (SSSR count). The van der Waals surface area contributed by atoms with E-state index in [0.29, 0.717) is 0 Å². The highest BCUT2D eigenvalue weighted by molar-refractivity contribution is 5.88. The molecule has 0 fully saturated rings. The van der Waals surface area contributed by atoms with Crippen LogP contribution >= 0.6 is 0 Å². The van der Waals surface area contributed by atoms with Crippen LogP contribution in [0.25, 0.3) is 10.9 Å². The Morgan fingerprint density at radius 2 is 1.95 bits per heavy atom. The second-order valence-electron chi connectivity index (χ2n) is 4.55. The molecule has 1 unspecified atom stereocenters. The average Bonchev–Trinajstić information content (AvgIpc) is 2.86. The van der Waals surface area contributed by atoms with Gasteiger partial charge in [-0.2, -0.15) is 0 Å². The van der Waals surface area contributed by atoms with E-state index in [1.165, 1.54) is 0 Å². The Morgan fingerprint density at radius 1 is 1.11 bits per heavy atom. The number of hydrogen-bond acceptors (Lipinski definition) is 4. The van der Waals surface area contributed by atoms with Gasteiger partial charge in [0.2, 0.25) is 0 Å². The second kappa shape index (κ2) is 4.72. The third kappa shape index (κ3) is 2.29. The Kier molecular flexibility index (Phi) is 2.91. The topological polar surface area (TPSA) is 51.0 Å². The van der Waals surface area contributed by atoms with E-state index in [-0.39, 0.29) is 6.04 Å². The maximum Gasteiger partial charge on any atom is 0.137 e. The third-order valence-corrected chi connectivity index (χ3v) is 3.08. The number of para-hydroxylation sites is 1. The summed E-state index contributed by atoms with van der Waals surface area (Å²) in [7, 11) is 0. The summed E-state index contributed by atoms with van der Waals surface area (Å²) in [4.78, 5) is 8.57. The van der Waals surface area contributed by atoms with E-state index in [4.69, 9.17) is 4.42 Å². The van der Waals surface area contributed by atoms with Gasteiger partial charge in [-0.25, -0.2) is 9.97 Å². The number of aromatic nitrogens is 2. The molecule has 1 N–H and O–H groups in total. The molecule has 96 valence electrons. The molecular formula is C15H15N3O. The monoisotopic (exact) mass is 253 g/mol. The molecule has 1 atom stereocenters. The van der Waals surface area contributed by atoms with Crippen molar-refractivity contribution in [1.29, 1.82) is 0 Å². The summed E-state index contributed by atoms with van der Waals surface area (Å²) < 4.78 is 5.62. The molecule has 1 aromatic carbocycles. The van der Waals surface area contributed by atoms with Crippen LogP contribution in [0.5, 0.6) is 0 Å². The fourth-order valence-corrected chi connectivity index (χ4v) is 2.08. The molecule has 0 saturated carbocycles. The van der Waals surface area contributed by atoms with Crippen LogP contribution in [-0.2, 0) is 0 Å². The Hall–Kier alpha value is -2.36. The Labute approximate surface area is 111 Å². The fourth-order valence-electron chi connectivity index (χ4n) is 2.08. The average molecular weight is 253 g/mol. The van der Waals surface area contributed by atoms with Crippen LogP contribution in [-0.4, -0.2) is 9.97 Å². The minimum absolute atomic E-state index is 0.0620. The normalized spacial score (nSPS) is 12.5. The maximum absolute atomic E-state index is 5.62. The fraction of sp³-hybridized carbons (Fsp3) is 0.200. The van der Waals surface area contributed by atoms with Crippen LogP contribution in [0.4, 0.5) is 5.82 Å². The lowest BCUT2D eigenvalue weighted by atomic mass is 10.2. The Morgan fingerprint density at radius 3 is 2.74 bits per heavy atom. The predicted molar refractivity (Wildman–Crippen MR) is 75.0 cm³/mol. The quantitative estimate of drug-likeness (QED) is 0.773. The van der Waals surface area contributed by atoms with Crippen LogP contribution in [0.15, 0.2) is 47.1 Å². The van der Waals surface area contributed by atoms with Gasteiger partial charge in [0.05, 0.1) is 11.6 Å². The zero-order chi connectivity index (χ0) is 13.2. The van der Waals surface area contributed by atoms with Crippen LogP contribution in [0.1, 0.15) is 24.5 Å². The van der Waals surface area contributed by atoms with Crippen molar-refractivity contribution in [3.63, 3.8) is 0 Å².